The van der Waals surface area contributed by atoms with Crippen LogP contribution in [-0.4, -0.2) is 38.6 Å². The van der Waals surface area contributed by atoms with Crippen molar-refractivity contribution in [1.82, 2.24) is 9.97 Å². The smallest absolute Gasteiger partial charge is 0.191 e. The number of thiophene rings is 1. The van der Waals surface area contributed by atoms with Gasteiger partial charge in [-0.25, -0.2) is 9.97 Å². The zero-order valence-electron chi connectivity index (χ0n) is 16.3. The van der Waals surface area contributed by atoms with Crippen LogP contribution < -0.4 is 5.32 Å². The zero-order valence-corrected chi connectivity index (χ0v) is 17.9. The molecule has 26 heavy (non-hydrogen) atoms. The number of ether oxygens (including phenoxy) is 1. The van der Waals surface area contributed by atoms with Crippen molar-refractivity contribution in [2.45, 2.75) is 82.5 Å². The third-order valence-corrected chi connectivity index (χ3v) is 6.92. The largest absolute Gasteiger partial charge is 0.394 e. The average Bonchev–Trinajstić information content (AvgIpc) is 2.96. The van der Waals surface area contributed by atoms with Gasteiger partial charge in [-0.15, -0.1) is 11.3 Å². The van der Waals surface area contributed by atoms with Crippen LogP contribution in [0.4, 0.5) is 5.82 Å². The molecule has 3 heterocycles. The van der Waals surface area contributed by atoms with E-state index in [4.69, 9.17) is 14.7 Å². The van der Waals surface area contributed by atoms with Crippen LogP contribution in [0.1, 0.15) is 57.9 Å². The minimum Gasteiger partial charge on any atom is -0.394 e. The Bertz CT molecular complexity index is 774. The van der Waals surface area contributed by atoms with E-state index in [2.05, 4.69) is 39.9 Å². The van der Waals surface area contributed by atoms with E-state index in [1.165, 1.54) is 10.4 Å². The van der Waals surface area contributed by atoms with Gasteiger partial charge in [-0.3, -0.25) is 0 Å². The highest BCUT2D eigenvalue weighted by Gasteiger charge is 2.33. The molecule has 1 aliphatic rings. The average molecular weight is 396 g/mol. The van der Waals surface area contributed by atoms with Gasteiger partial charge in [-0.1, -0.05) is 39.5 Å². The van der Waals surface area contributed by atoms with Gasteiger partial charge in [0, 0.05) is 16.5 Å². The number of fused-ring (bicyclic) bond motifs is 3. The van der Waals surface area contributed by atoms with Crippen molar-refractivity contribution >= 4 is 39.1 Å². The third kappa shape index (κ3) is 4.01. The van der Waals surface area contributed by atoms with E-state index >= 15 is 0 Å². The predicted molar refractivity (Wildman–Crippen MR) is 110 cm³/mol. The maximum Gasteiger partial charge on any atom is 0.191 e. The fourth-order valence-corrected chi connectivity index (χ4v) is 4.99. The zero-order chi connectivity index (χ0) is 18.9. The van der Waals surface area contributed by atoms with Gasteiger partial charge in [-0.2, -0.15) is 0 Å². The number of aromatic nitrogens is 2. The van der Waals surface area contributed by atoms with Crippen molar-refractivity contribution in [3.8, 4) is 0 Å². The molecule has 2 aromatic rings. The maximum atomic E-state index is 9.66. The fourth-order valence-electron chi connectivity index (χ4n) is 3.12. The van der Waals surface area contributed by atoms with Gasteiger partial charge in [0.1, 0.15) is 10.6 Å². The van der Waals surface area contributed by atoms with Crippen LogP contribution >= 0.6 is 23.1 Å². The van der Waals surface area contributed by atoms with Crippen molar-refractivity contribution in [1.29, 1.82) is 0 Å². The lowest BCUT2D eigenvalue weighted by Crippen LogP contribution is -2.34. The Morgan fingerprint density at radius 3 is 2.73 bits per heavy atom. The minimum atomic E-state index is -0.134. The molecule has 2 N–H and O–H groups in total. The number of hydrogen-bond donors (Lipinski definition) is 2. The second kappa shape index (κ2) is 8.00. The quantitative estimate of drug-likeness (QED) is 0.527. The normalized spacial score (nSPS) is 21.2. The van der Waals surface area contributed by atoms with Gasteiger partial charge >= 0.3 is 0 Å². The first-order valence-corrected chi connectivity index (χ1v) is 11.1. The molecule has 0 spiro atoms. The number of nitrogens with zero attached hydrogens (tertiary/aromatic N) is 2. The Balaban J connectivity index is 2.12. The van der Waals surface area contributed by atoms with Crippen LogP contribution in [0.25, 0.3) is 10.2 Å². The fraction of sp³-hybridized carbons (Fsp3) is 0.684. The number of hydrogen-bond acceptors (Lipinski definition) is 7. The molecule has 0 radical (unpaired) electrons. The minimum absolute atomic E-state index is 0.00190. The van der Waals surface area contributed by atoms with Gasteiger partial charge in [0.25, 0.3) is 0 Å². The Morgan fingerprint density at radius 1 is 1.35 bits per heavy atom. The molecule has 144 valence electrons. The van der Waals surface area contributed by atoms with Gasteiger partial charge in [0.2, 0.25) is 0 Å². The number of anilines is 1. The van der Waals surface area contributed by atoms with E-state index in [1.54, 1.807) is 23.1 Å². The molecule has 0 aromatic carbocycles. The van der Waals surface area contributed by atoms with Crippen molar-refractivity contribution < 1.29 is 9.84 Å². The third-order valence-electron chi connectivity index (χ3n) is 4.96. The SMILES string of the molecule is CC[C@H](CO)Nc1nc(SC(C)C)nc2sc3c(c12)C[C@@](C)(CC)OC3. The molecule has 2 aromatic heterocycles. The highest BCUT2D eigenvalue weighted by Crippen LogP contribution is 2.42. The Labute approximate surface area is 164 Å². The van der Waals surface area contributed by atoms with E-state index in [9.17, 15) is 5.11 Å². The maximum absolute atomic E-state index is 9.66. The first-order chi connectivity index (χ1) is 12.4. The molecule has 0 fully saturated rings. The second-order valence-electron chi connectivity index (χ2n) is 7.41. The summed E-state index contributed by atoms with van der Waals surface area (Å²) >= 11 is 3.39. The predicted octanol–water partition coefficient (Wildman–Crippen LogP) is 4.62. The highest BCUT2D eigenvalue weighted by molar-refractivity contribution is 7.99. The number of aliphatic hydroxyl groups is 1. The van der Waals surface area contributed by atoms with Crippen LogP contribution in [0.2, 0.25) is 0 Å². The first kappa shape index (κ1) is 19.9. The summed E-state index contributed by atoms with van der Waals surface area (Å²) < 4.78 is 6.13. The number of rotatable bonds is 7. The summed E-state index contributed by atoms with van der Waals surface area (Å²) in [5.74, 6) is 0.858. The molecule has 3 rings (SSSR count). The van der Waals surface area contributed by atoms with E-state index in [-0.39, 0.29) is 18.2 Å². The Morgan fingerprint density at radius 2 is 2.12 bits per heavy atom. The molecule has 0 aliphatic carbocycles. The lowest BCUT2D eigenvalue weighted by atomic mass is 9.90. The van der Waals surface area contributed by atoms with E-state index in [0.29, 0.717) is 11.9 Å². The summed E-state index contributed by atoms with van der Waals surface area (Å²) in [6.45, 7) is 11.5. The first-order valence-electron chi connectivity index (χ1n) is 9.39. The van der Waals surface area contributed by atoms with Crippen molar-refractivity contribution in [3.63, 3.8) is 0 Å². The molecule has 1 aliphatic heterocycles. The van der Waals surface area contributed by atoms with Gasteiger partial charge in [0.15, 0.2) is 5.16 Å². The van der Waals surface area contributed by atoms with Gasteiger partial charge < -0.3 is 15.2 Å². The Kier molecular flexibility index (Phi) is 6.11. The molecular weight excluding hydrogens is 366 g/mol. The molecule has 0 amide bonds. The number of nitrogens with one attached hydrogen (secondary N) is 1. The number of aliphatic hydroxyl groups excluding tert-OH is 1. The second-order valence-corrected chi connectivity index (χ2v) is 10.0. The molecule has 0 saturated heterocycles. The molecule has 7 heteroatoms. The van der Waals surface area contributed by atoms with Gasteiger partial charge in [-0.05, 0) is 25.3 Å². The van der Waals surface area contributed by atoms with Crippen molar-refractivity contribution in [2.24, 2.45) is 0 Å². The monoisotopic (exact) mass is 395 g/mol. The molecule has 0 saturated carbocycles. The molecule has 0 unspecified atom stereocenters. The number of thioether (sulfide) groups is 1. The summed E-state index contributed by atoms with van der Waals surface area (Å²) in [4.78, 5) is 11.9. The summed E-state index contributed by atoms with van der Waals surface area (Å²) in [6.07, 6.45) is 2.70. The molecule has 2 atom stereocenters. The van der Waals surface area contributed by atoms with E-state index in [1.807, 2.05) is 0 Å². The standard InChI is InChI=1S/C19H29N3O2S2/c1-6-12(9-23)20-16-15-13-8-19(5,7-2)24-10-14(13)26-17(15)22-18(21-16)25-11(3)4/h11-12,23H,6-10H2,1-5H3,(H,20,21,22)/t12-,19-/m1/s1. The van der Waals surface area contributed by atoms with Crippen LogP contribution in [0, 0.1) is 0 Å². The molecule has 5 nitrogen and oxygen atoms in total. The van der Waals surface area contributed by atoms with Crippen LogP contribution in [0.15, 0.2) is 5.16 Å². The highest BCUT2D eigenvalue weighted by atomic mass is 32.2. The summed E-state index contributed by atoms with van der Waals surface area (Å²) in [6, 6.07) is -0.00190. The van der Waals surface area contributed by atoms with Crippen LogP contribution in [0.3, 0.4) is 0 Å². The van der Waals surface area contributed by atoms with Crippen LogP contribution in [0.5, 0.6) is 0 Å². The van der Waals surface area contributed by atoms with Crippen molar-refractivity contribution in [3.05, 3.63) is 10.4 Å². The molecule has 0 bridgehead atoms. The molecular formula is C19H29N3O2S2. The lowest BCUT2D eigenvalue weighted by molar-refractivity contribution is -0.0542. The summed E-state index contributed by atoms with van der Waals surface area (Å²) in [5.41, 5.74) is 1.18. The van der Waals surface area contributed by atoms with E-state index in [0.717, 1.165) is 40.5 Å². The lowest BCUT2D eigenvalue weighted by Gasteiger charge is -2.33. The topological polar surface area (TPSA) is 67.3 Å². The van der Waals surface area contributed by atoms with E-state index < -0.39 is 0 Å². The van der Waals surface area contributed by atoms with Crippen molar-refractivity contribution in [2.75, 3.05) is 11.9 Å². The Hall–Kier alpha value is -0.890. The summed E-state index contributed by atoms with van der Waals surface area (Å²) in [5, 5.41) is 15.5. The van der Waals surface area contributed by atoms with Crippen LogP contribution in [-0.2, 0) is 17.8 Å². The van der Waals surface area contributed by atoms with Gasteiger partial charge in [0.05, 0.1) is 30.2 Å². The summed E-state index contributed by atoms with van der Waals surface area (Å²) in [7, 11) is 0.